The molecule has 0 radical (unpaired) electrons. The lowest BCUT2D eigenvalue weighted by Gasteiger charge is -2.41. The average Bonchev–Trinajstić information content (AvgIpc) is 2.97. The minimum absolute atomic E-state index is 0.0498. The monoisotopic (exact) mass is 257 g/mol. The second kappa shape index (κ2) is 3.17. The second-order valence-electron chi connectivity index (χ2n) is 6.05. The SMILES string of the molecule is CC12CC(c3cn4cc(C(N)=O)ccc4n3)(CO1)C2. The number of rotatable bonds is 2. The van der Waals surface area contributed by atoms with Gasteiger partial charge in [0.05, 0.1) is 23.5 Å². The maximum Gasteiger partial charge on any atom is 0.250 e. The molecule has 0 aromatic carbocycles. The summed E-state index contributed by atoms with van der Waals surface area (Å²) in [4.78, 5) is 15.9. The summed E-state index contributed by atoms with van der Waals surface area (Å²) < 4.78 is 7.68. The van der Waals surface area contributed by atoms with Gasteiger partial charge in [-0.2, -0.15) is 0 Å². The molecular weight excluding hydrogens is 242 g/mol. The third-order valence-corrected chi connectivity index (χ3v) is 4.40. The van der Waals surface area contributed by atoms with E-state index in [4.69, 9.17) is 10.5 Å². The van der Waals surface area contributed by atoms with Crippen molar-refractivity contribution in [3.05, 3.63) is 35.8 Å². The minimum Gasteiger partial charge on any atom is -0.374 e. The zero-order chi connectivity index (χ0) is 13.3. The molecule has 19 heavy (non-hydrogen) atoms. The molecule has 5 nitrogen and oxygen atoms in total. The summed E-state index contributed by atoms with van der Waals surface area (Å²) in [5.74, 6) is -0.421. The van der Waals surface area contributed by atoms with Gasteiger partial charge in [0.1, 0.15) is 5.65 Å². The number of ether oxygens (including phenoxy) is 1. The number of carbonyl (C=O) groups excluding carboxylic acids is 1. The van der Waals surface area contributed by atoms with Gasteiger partial charge in [-0.15, -0.1) is 0 Å². The average molecular weight is 257 g/mol. The number of nitrogens with two attached hydrogens (primary N) is 1. The summed E-state index contributed by atoms with van der Waals surface area (Å²) in [6.45, 7) is 2.90. The molecular formula is C14H15N3O2. The van der Waals surface area contributed by atoms with Gasteiger partial charge in [-0.1, -0.05) is 0 Å². The third kappa shape index (κ3) is 1.39. The van der Waals surface area contributed by atoms with E-state index in [1.165, 1.54) is 0 Å². The first kappa shape index (κ1) is 11.0. The summed E-state index contributed by atoms with van der Waals surface area (Å²) in [6.07, 6.45) is 5.80. The van der Waals surface area contributed by atoms with Crippen molar-refractivity contribution in [3.63, 3.8) is 0 Å². The zero-order valence-corrected chi connectivity index (χ0v) is 10.7. The fourth-order valence-corrected chi connectivity index (χ4v) is 3.54. The molecule has 0 atom stereocenters. The molecule has 5 heteroatoms. The van der Waals surface area contributed by atoms with Gasteiger partial charge in [-0.05, 0) is 31.9 Å². The maximum absolute atomic E-state index is 11.2. The van der Waals surface area contributed by atoms with Crippen molar-refractivity contribution in [1.29, 1.82) is 0 Å². The van der Waals surface area contributed by atoms with Crippen LogP contribution in [0.25, 0.3) is 5.65 Å². The van der Waals surface area contributed by atoms with E-state index in [1.807, 2.05) is 16.7 Å². The Morgan fingerprint density at radius 3 is 2.84 bits per heavy atom. The summed E-state index contributed by atoms with van der Waals surface area (Å²) in [5, 5.41) is 0. The largest absolute Gasteiger partial charge is 0.374 e. The fraction of sp³-hybridized carbons (Fsp3) is 0.429. The molecule has 1 amide bonds. The van der Waals surface area contributed by atoms with E-state index in [1.54, 1.807) is 12.3 Å². The Morgan fingerprint density at radius 2 is 2.21 bits per heavy atom. The standard InChI is InChI=1S/C14H15N3O2/c1-13-6-14(7-13,8-19-13)10-5-17-4-9(12(15)18)2-3-11(17)16-10/h2-5H,6-8H2,1H3,(H2,15,18). The first-order chi connectivity index (χ1) is 9.00. The Balaban J connectivity index is 1.79. The molecule has 2 aromatic heterocycles. The topological polar surface area (TPSA) is 69.6 Å². The number of fused-ring (bicyclic) bond motifs is 2. The van der Waals surface area contributed by atoms with Gasteiger partial charge in [0.25, 0.3) is 0 Å². The molecule has 3 fully saturated rings. The molecule has 2 aliphatic heterocycles. The lowest BCUT2D eigenvalue weighted by atomic mass is 9.62. The van der Waals surface area contributed by atoms with Crippen LogP contribution in [0.3, 0.4) is 0 Å². The Labute approximate surface area is 110 Å². The summed E-state index contributed by atoms with van der Waals surface area (Å²) in [6, 6.07) is 3.54. The molecule has 4 heterocycles. The predicted octanol–water partition coefficient (Wildman–Crippen LogP) is 1.25. The van der Waals surface area contributed by atoms with Crippen LogP contribution in [0.5, 0.6) is 0 Å². The lowest BCUT2D eigenvalue weighted by molar-refractivity contribution is 0.0154. The van der Waals surface area contributed by atoms with Crippen LogP contribution in [0.2, 0.25) is 0 Å². The van der Waals surface area contributed by atoms with E-state index in [2.05, 4.69) is 11.9 Å². The van der Waals surface area contributed by atoms with E-state index in [-0.39, 0.29) is 11.0 Å². The van der Waals surface area contributed by atoms with Gasteiger partial charge < -0.3 is 14.9 Å². The zero-order valence-electron chi connectivity index (χ0n) is 10.7. The number of imidazole rings is 1. The van der Waals surface area contributed by atoms with Gasteiger partial charge in [-0.25, -0.2) is 4.98 Å². The molecule has 2 saturated heterocycles. The Hall–Kier alpha value is -1.88. The first-order valence-electron chi connectivity index (χ1n) is 6.43. The number of amides is 1. The number of pyridine rings is 1. The molecule has 2 bridgehead atoms. The van der Waals surface area contributed by atoms with Crippen molar-refractivity contribution in [1.82, 2.24) is 9.38 Å². The Bertz CT molecular complexity index is 698. The predicted molar refractivity (Wildman–Crippen MR) is 69.0 cm³/mol. The van der Waals surface area contributed by atoms with Crippen molar-refractivity contribution < 1.29 is 9.53 Å². The van der Waals surface area contributed by atoms with Crippen molar-refractivity contribution in [2.75, 3.05) is 6.61 Å². The summed E-state index contributed by atoms with van der Waals surface area (Å²) in [7, 11) is 0. The van der Waals surface area contributed by atoms with Gasteiger partial charge in [0.15, 0.2) is 0 Å². The quantitative estimate of drug-likeness (QED) is 0.880. The Kier molecular flexibility index (Phi) is 1.83. The van der Waals surface area contributed by atoms with Gasteiger partial charge in [-0.3, -0.25) is 4.79 Å². The number of hydrogen-bond acceptors (Lipinski definition) is 3. The number of hydrogen-bond donors (Lipinski definition) is 1. The van der Waals surface area contributed by atoms with E-state index in [9.17, 15) is 4.79 Å². The van der Waals surface area contributed by atoms with Gasteiger partial charge in [0, 0.05) is 17.8 Å². The molecule has 1 aliphatic carbocycles. The van der Waals surface area contributed by atoms with Crippen LogP contribution in [-0.2, 0) is 10.2 Å². The molecule has 5 rings (SSSR count). The molecule has 3 aliphatic rings. The van der Waals surface area contributed by atoms with E-state index >= 15 is 0 Å². The summed E-state index contributed by atoms with van der Waals surface area (Å²) in [5.41, 5.74) is 7.82. The van der Waals surface area contributed by atoms with Crippen molar-refractivity contribution in [2.45, 2.75) is 30.8 Å². The highest BCUT2D eigenvalue weighted by molar-refractivity contribution is 5.92. The van der Waals surface area contributed by atoms with Crippen molar-refractivity contribution >= 4 is 11.6 Å². The van der Waals surface area contributed by atoms with Gasteiger partial charge >= 0.3 is 0 Å². The molecule has 2 N–H and O–H groups in total. The molecule has 0 unspecified atom stereocenters. The Morgan fingerprint density at radius 1 is 1.42 bits per heavy atom. The highest BCUT2D eigenvalue weighted by Gasteiger charge is 2.61. The van der Waals surface area contributed by atoms with Crippen LogP contribution in [0.4, 0.5) is 0 Å². The van der Waals surface area contributed by atoms with Crippen molar-refractivity contribution in [2.24, 2.45) is 5.73 Å². The molecule has 2 aromatic rings. The second-order valence-corrected chi connectivity index (χ2v) is 6.05. The highest BCUT2D eigenvalue weighted by atomic mass is 16.5. The normalized spacial score (nSPS) is 32.5. The van der Waals surface area contributed by atoms with Crippen LogP contribution in [-0.4, -0.2) is 27.5 Å². The molecule has 98 valence electrons. The molecule has 1 saturated carbocycles. The lowest BCUT2D eigenvalue weighted by Crippen LogP contribution is -2.45. The van der Waals surface area contributed by atoms with Crippen LogP contribution in [0.15, 0.2) is 24.5 Å². The van der Waals surface area contributed by atoms with Crippen LogP contribution in [0, 0.1) is 0 Å². The molecule has 0 spiro atoms. The van der Waals surface area contributed by atoms with Crippen LogP contribution >= 0.6 is 0 Å². The number of nitrogens with zero attached hydrogens (tertiary/aromatic N) is 2. The maximum atomic E-state index is 11.2. The number of primary amides is 1. The minimum atomic E-state index is -0.421. The summed E-state index contributed by atoms with van der Waals surface area (Å²) >= 11 is 0. The number of carbonyl (C=O) groups is 1. The van der Waals surface area contributed by atoms with E-state index < -0.39 is 5.91 Å². The van der Waals surface area contributed by atoms with Crippen LogP contribution < -0.4 is 5.73 Å². The highest BCUT2D eigenvalue weighted by Crippen LogP contribution is 2.58. The van der Waals surface area contributed by atoms with E-state index in [0.717, 1.165) is 30.8 Å². The third-order valence-electron chi connectivity index (χ3n) is 4.40. The van der Waals surface area contributed by atoms with Gasteiger partial charge in [0.2, 0.25) is 5.91 Å². The van der Waals surface area contributed by atoms with Crippen LogP contribution in [0.1, 0.15) is 35.8 Å². The van der Waals surface area contributed by atoms with E-state index in [0.29, 0.717) is 5.56 Å². The fourth-order valence-electron chi connectivity index (χ4n) is 3.54. The number of aromatic nitrogens is 2. The smallest absolute Gasteiger partial charge is 0.250 e. The van der Waals surface area contributed by atoms with Crippen molar-refractivity contribution in [3.8, 4) is 0 Å². The first-order valence-corrected chi connectivity index (χ1v) is 6.43.